The fourth-order valence-corrected chi connectivity index (χ4v) is 10.1. The highest BCUT2D eigenvalue weighted by Crippen LogP contribution is 2.60. The Bertz CT molecular complexity index is 1630. The lowest BCUT2D eigenvalue weighted by molar-refractivity contribution is -0.149. The summed E-state index contributed by atoms with van der Waals surface area (Å²) in [5.41, 5.74) is -0.0293. The number of ether oxygens (including phenoxy) is 1. The van der Waals surface area contributed by atoms with Crippen LogP contribution in [0.1, 0.15) is 31.7 Å². The Morgan fingerprint density at radius 1 is 1.26 bits per heavy atom. The lowest BCUT2D eigenvalue weighted by atomic mass is 9.82. The zero-order valence-corrected chi connectivity index (χ0v) is 25.2. The number of likely N-dealkylation sites (tertiary alicyclic amines) is 1. The molecule has 42 heavy (non-hydrogen) atoms. The Hall–Kier alpha value is -3.54. The minimum Gasteiger partial charge on any atom is -0.394 e. The number of aromatic nitrogens is 2. The second-order valence-electron chi connectivity index (χ2n) is 12.2. The Kier molecular flexibility index (Phi) is 7.02. The van der Waals surface area contributed by atoms with E-state index in [1.54, 1.807) is 59.3 Å². The zero-order chi connectivity index (χ0) is 30.0. The van der Waals surface area contributed by atoms with E-state index in [0.29, 0.717) is 34.4 Å². The van der Waals surface area contributed by atoms with Gasteiger partial charge in [0, 0.05) is 30.1 Å². The van der Waals surface area contributed by atoms with Crippen LogP contribution >= 0.6 is 0 Å². The van der Waals surface area contributed by atoms with Gasteiger partial charge in [0.1, 0.15) is 0 Å². The Balaban J connectivity index is 1.46. The normalized spacial score (nSPS) is 27.4. The quantitative estimate of drug-likeness (QED) is 0.245. The van der Waals surface area contributed by atoms with Gasteiger partial charge in [0.25, 0.3) is 11.5 Å². The van der Waals surface area contributed by atoms with Crippen LogP contribution in [0.15, 0.2) is 59.9 Å². The Morgan fingerprint density at radius 3 is 2.71 bits per heavy atom. The molecule has 0 aliphatic carbocycles. The number of para-hydroxylation sites is 1. The number of aliphatic hydroxyl groups is 1. The number of carbonyl (C=O) groups excluding carboxylic acids is 2. The number of hydrogen-bond acceptors (Lipinski definition) is 5. The minimum atomic E-state index is -3.47. The molecule has 222 valence electrons. The van der Waals surface area contributed by atoms with Crippen LogP contribution < -0.4 is 10.5 Å². The minimum absolute atomic E-state index is 0.0706. The van der Waals surface area contributed by atoms with Crippen LogP contribution in [0.2, 0.25) is 18.6 Å². The van der Waals surface area contributed by atoms with Gasteiger partial charge < -0.3 is 23.8 Å². The molecule has 4 heterocycles. The first kappa shape index (κ1) is 28.6. The lowest BCUT2D eigenvalue weighted by Crippen LogP contribution is -2.45. The molecule has 0 unspecified atom stereocenters. The summed E-state index contributed by atoms with van der Waals surface area (Å²) in [6.07, 6.45) is 2.26. The van der Waals surface area contributed by atoms with Gasteiger partial charge in [-0.05, 0) is 56.3 Å². The average molecular weight is 593 g/mol. The SMILES string of the molecule is C=CCN1C(=O)[C@@]2(O[C@@H](CC(=O)N3CCC[C@H]3CO)[C@H]([Si](C)(C)F)[C@H]2C)c2cc(-n3[nH]c4ccccc4c3=O)ccc21. The molecule has 2 saturated heterocycles. The molecule has 0 radical (unpaired) electrons. The third-order valence-electron chi connectivity index (χ3n) is 9.39. The summed E-state index contributed by atoms with van der Waals surface area (Å²) >= 11 is 0. The fraction of sp³-hybridized carbons (Fsp3) is 0.452. The summed E-state index contributed by atoms with van der Waals surface area (Å²) < 4.78 is 24.3. The maximum absolute atomic E-state index is 16.2. The first-order valence-corrected chi connectivity index (χ1v) is 17.5. The maximum Gasteiger partial charge on any atom is 0.279 e. The number of anilines is 1. The number of nitrogens with one attached hydrogen (secondary N) is 1. The number of nitrogens with zero attached hydrogens (tertiary/aromatic N) is 3. The van der Waals surface area contributed by atoms with Gasteiger partial charge >= 0.3 is 0 Å². The molecule has 6 rings (SSSR count). The predicted molar refractivity (Wildman–Crippen MR) is 161 cm³/mol. The molecule has 3 aliphatic rings. The number of amides is 2. The standard InChI is InChI=1S/C31H37FN4O5Si/c1-5-14-35-25-13-12-20(36-29(39)22-10-6-7-11-24(22)33-36)16-23(25)31(30(35)40)19(2)28(42(3,4)32)26(41-31)17-27(38)34-15-8-9-21(34)18-37/h5-7,10-13,16,19,21,26,28,33,37H,1,8-9,14-15,17-18H2,2-4H3/t19-,21+,26+,28-,31+/m1/s1. The predicted octanol–water partition coefficient (Wildman–Crippen LogP) is 4.00. The van der Waals surface area contributed by atoms with Crippen molar-refractivity contribution in [1.82, 2.24) is 14.7 Å². The monoisotopic (exact) mass is 592 g/mol. The maximum atomic E-state index is 16.2. The van der Waals surface area contributed by atoms with Crippen LogP contribution in [0.4, 0.5) is 9.80 Å². The highest BCUT2D eigenvalue weighted by atomic mass is 28.4. The molecular weight excluding hydrogens is 555 g/mol. The molecule has 5 atom stereocenters. The van der Waals surface area contributed by atoms with Crippen LogP contribution in [-0.2, 0) is 19.9 Å². The number of carbonyl (C=O) groups is 2. The van der Waals surface area contributed by atoms with E-state index in [2.05, 4.69) is 11.7 Å². The summed E-state index contributed by atoms with van der Waals surface area (Å²) in [7, 11) is -3.47. The van der Waals surface area contributed by atoms with Crippen molar-refractivity contribution in [3.8, 4) is 5.69 Å². The highest BCUT2D eigenvalue weighted by molar-refractivity contribution is 6.72. The lowest BCUT2D eigenvalue weighted by Gasteiger charge is -2.31. The van der Waals surface area contributed by atoms with Gasteiger partial charge in [-0.2, -0.15) is 0 Å². The molecule has 2 aromatic carbocycles. The molecule has 0 saturated carbocycles. The van der Waals surface area contributed by atoms with Crippen molar-refractivity contribution >= 4 is 36.8 Å². The summed E-state index contributed by atoms with van der Waals surface area (Å²) in [5.74, 6) is -1.10. The number of rotatable bonds is 7. The van der Waals surface area contributed by atoms with Crippen molar-refractivity contribution in [3.05, 3.63) is 71.0 Å². The average Bonchev–Trinajstić information content (AvgIpc) is 3.69. The van der Waals surface area contributed by atoms with E-state index < -0.39 is 31.6 Å². The Morgan fingerprint density at radius 2 is 2.02 bits per heavy atom. The summed E-state index contributed by atoms with van der Waals surface area (Å²) in [4.78, 5) is 44.4. The molecule has 11 heteroatoms. The third kappa shape index (κ3) is 4.20. The number of fused-ring (bicyclic) bond motifs is 3. The second-order valence-corrected chi connectivity index (χ2v) is 16.0. The van der Waals surface area contributed by atoms with Crippen LogP contribution in [0.5, 0.6) is 0 Å². The van der Waals surface area contributed by atoms with E-state index in [4.69, 9.17) is 4.74 Å². The van der Waals surface area contributed by atoms with Crippen molar-refractivity contribution < 1.29 is 23.5 Å². The van der Waals surface area contributed by atoms with Crippen molar-refractivity contribution in [3.63, 3.8) is 0 Å². The number of halogens is 1. The second kappa shape index (κ2) is 10.3. The van der Waals surface area contributed by atoms with Crippen LogP contribution in [0, 0.1) is 5.92 Å². The van der Waals surface area contributed by atoms with Crippen molar-refractivity contribution in [2.45, 2.75) is 62.6 Å². The van der Waals surface area contributed by atoms with Crippen LogP contribution in [0.3, 0.4) is 0 Å². The molecule has 2 fully saturated rings. The van der Waals surface area contributed by atoms with Gasteiger partial charge in [0.2, 0.25) is 14.3 Å². The highest BCUT2D eigenvalue weighted by Gasteiger charge is 2.67. The van der Waals surface area contributed by atoms with Gasteiger partial charge in [0.05, 0.1) is 47.5 Å². The molecule has 3 aromatic rings. The topological polar surface area (TPSA) is 108 Å². The van der Waals surface area contributed by atoms with E-state index in [1.807, 2.05) is 19.1 Å². The summed E-state index contributed by atoms with van der Waals surface area (Å²) in [6, 6.07) is 12.3. The molecule has 1 spiro atoms. The summed E-state index contributed by atoms with van der Waals surface area (Å²) in [6.45, 7) is 9.51. The fourth-order valence-electron chi connectivity index (χ4n) is 7.57. The number of benzene rings is 2. The molecule has 2 amide bonds. The van der Waals surface area contributed by atoms with Gasteiger partial charge in [-0.15, -0.1) is 6.58 Å². The zero-order valence-electron chi connectivity index (χ0n) is 24.2. The van der Waals surface area contributed by atoms with E-state index in [0.717, 1.165) is 12.8 Å². The molecule has 3 aliphatic heterocycles. The number of aliphatic hydroxyl groups excluding tert-OH is 1. The van der Waals surface area contributed by atoms with Crippen molar-refractivity contribution in [2.75, 3.05) is 24.6 Å². The van der Waals surface area contributed by atoms with E-state index >= 15 is 4.11 Å². The molecular formula is C31H37FN4O5Si. The van der Waals surface area contributed by atoms with Crippen LogP contribution in [0.25, 0.3) is 16.6 Å². The number of aromatic amines is 1. The van der Waals surface area contributed by atoms with Crippen LogP contribution in [-0.4, -0.2) is 71.9 Å². The largest absolute Gasteiger partial charge is 0.394 e. The van der Waals surface area contributed by atoms with Gasteiger partial charge in [0.15, 0.2) is 5.60 Å². The smallest absolute Gasteiger partial charge is 0.279 e. The molecule has 0 bridgehead atoms. The molecule has 9 nitrogen and oxygen atoms in total. The number of hydrogen-bond donors (Lipinski definition) is 2. The van der Waals surface area contributed by atoms with E-state index in [9.17, 15) is 19.5 Å². The Labute approximate surface area is 244 Å². The van der Waals surface area contributed by atoms with E-state index in [-0.39, 0.29) is 43.0 Å². The first-order chi connectivity index (χ1) is 20.0. The van der Waals surface area contributed by atoms with Gasteiger partial charge in [-0.25, -0.2) is 4.68 Å². The summed E-state index contributed by atoms with van der Waals surface area (Å²) in [5, 5.41) is 13.5. The number of H-pyrrole nitrogens is 1. The van der Waals surface area contributed by atoms with Crippen molar-refractivity contribution in [2.24, 2.45) is 5.92 Å². The molecule has 2 N–H and O–H groups in total. The third-order valence-corrected chi connectivity index (χ3v) is 11.8. The molecule has 1 aromatic heterocycles. The first-order valence-electron chi connectivity index (χ1n) is 14.6. The van der Waals surface area contributed by atoms with E-state index in [1.165, 1.54) is 4.68 Å². The van der Waals surface area contributed by atoms with Gasteiger partial charge in [-0.3, -0.25) is 19.5 Å². The van der Waals surface area contributed by atoms with Gasteiger partial charge in [-0.1, -0.05) is 25.1 Å². The van der Waals surface area contributed by atoms with Crippen molar-refractivity contribution in [1.29, 1.82) is 0 Å².